The minimum Gasteiger partial charge on any atom is -0.496 e. The van der Waals surface area contributed by atoms with E-state index in [0.717, 1.165) is 12.1 Å². The first-order valence-electron chi connectivity index (χ1n) is 7.02. The topological polar surface area (TPSA) is 64.6 Å². The van der Waals surface area contributed by atoms with Crippen molar-refractivity contribution in [3.8, 4) is 5.75 Å². The second kappa shape index (κ2) is 8.31. The van der Waals surface area contributed by atoms with Crippen LogP contribution in [-0.2, 0) is 20.7 Å². The summed E-state index contributed by atoms with van der Waals surface area (Å²) in [5, 5.41) is 2.50. The van der Waals surface area contributed by atoms with Crippen LogP contribution in [0.2, 0.25) is 5.02 Å². The Morgan fingerprint density at radius 2 is 1.96 bits per heavy atom. The monoisotopic (exact) mass is 351 g/mol. The summed E-state index contributed by atoms with van der Waals surface area (Å²) in [7, 11) is 1.50. The molecule has 0 spiro atoms. The molecule has 0 radical (unpaired) electrons. The normalized spacial score (nSPS) is 10.1. The van der Waals surface area contributed by atoms with Crippen molar-refractivity contribution >= 4 is 29.2 Å². The predicted molar refractivity (Wildman–Crippen MR) is 87.7 cm³/mol. The van der Waals surface area contributed by atoms with E-state index < -0.39 is 24.3 Å². The maximum Gasteiger partial charge on any atom is 0.310 e. The number of rotatable bonds is 6. The quantitative estimate of drug-likeness (QED) is 0.812. The van der Waals surface area contributed by atoms with Crippen molar-refractivity contribution in [1.29, 1.82) is 0 Å². The molecule has 2 rings (SSSR count). The van der Waals surface area contributed by atoms with Crippen LogP contribution in [0.5, 0.6) is 5.75 Å². The number of halogens is 2. The van der Waals surface area contributed by atoms with Gasteiger partial charge in [-0.1, -0.05) is 29.8 Å². The van der Waals surface area contributed by atoms with Gasteiger partial charge in [0, 0.05) is 5.56 Å². The van der Waals surface area contributed by atoms with Crippen molar-refractivity contribution in [1.82, 2.24) is 0 Å². The van der Waals surface area contributed by atoms with Crippen LogP contribution < -0.4 is 10.1 Å². The molecule has 0 aromatic heterocycles. The van der Waals surface area contributed by atoms with Crippen molar-refractivity contribution < 1.29 is 23.5 Å². The molecule has 0 bridgehead atoms. The van der Waals surface area contributed by atoms with Gasteiger partial charge in [-0.2, -0.15) is 0 Å². The molecule has 7 heteroatoms. The van der Waals surface area contributed by atoms with Gasteiger partial charge in [-0.05, 0) is 24.3 Å². The van der Waals surface area contributed by atoms with Crippen LogP contribution >= 0.6 is 11.6 Å². The molecule has 0 saturated heterocycles. The molecule has 0 fully saturated rings. The van der Waals surface area contributed by atoms with E-state index >= 15 is 0 Å². The Bertz CT molecular complexity index is 751. The molecule has 0 saturated carbocycles. The van der Waals surface area contributed by atoms with Crippen LogP contribution in [0.4, 0.5) is 10.1 Å². The number of hydrogen-bond acceptors (Lipinski definition) is 4. The van der Waals surface area contributed by atoms with Gasteiger partial charge in [0.1, 0.15) is 11.6 Å². The average Bonchev–Trinajstić information content (AvgIpc) is 2.56. The third-order valence-electron chi connectivity index (χ3n) is 3.10. The van der Waals surface area contributed by atoms with Gasteiger partial charge in [-0.25, -0.2) is 4.39 Å². The Labute approximate surface area is 143 Å². The number of esters is 1. The molecule has 0 aliphatic carbocycles. The summed E-state index contributed by atoms with van der Waals surface area (Å²) in [6.07, 6.45) is -0.0192. The molecule has 126 valence electrons. The van der Waals surface area contributed by atoms with E-state index in [0.29, 0.717) is 11.3 Å². The zero-order valence-corrected chi connectivity index (χ0v) is 13.6. The number of benzene rings is 2. The van der Waals surface area contributed by atoms with E-state index in [1.165, 1.54) is 13.2 Å². The van der Waals surface area contributed by atoms with Crippen LogP contribution in [0.1, 0.15) is 5.56 Å². The number of amides is 1. The first kappa shape index (κ1) is 17.7. The molecular formula is C17H15ClFNO4. The van der Waals surface area contributed by atoms with Crippen molar-refractivity contribution in [2.24, 2.45) is 0 Å². The number of hydrogen-bond donors (Lipinski definition) is 1. The summed E-state index contributed by atoms with van der Waals surface area (Å²) in [4.78, 5) is 23.6. The molecule has 2 aromatic rings. The lowest BCUT2D eigenvalue weighted by atomic mass is 10.1. The van der Waals surface area contributed by atoms with E-state index in [2.05, 4.69) is 5.32 Å². The van der Waals surface area contributed by atoms with Crippen molar-refractivity contribution in [2.45, 2.75) is 6.42 Å². The second-order valence-corrected chi connectivity index (χ2v) is 5.23. The van der Waals surface area contributed by atoms with E-state index in [1.807, 2.05) is 0 Å². The molecule has 2 aromatic carbocycles. The molecule has 0 aliphatic rings. The molecule has 5 nitrogen and oxygen atoms in total. The van der Waals surface area contributed by atoms with E-state index in [1.54, 1.807) is 24.3 Å². The maximum atomic E-state index is 12.9. The largest absolute Gasteiger partial charge is 0.496 e. The average molecular weight is 352 g/mol. The summed E-state index contributed by atoms with van der Waals surface area (Å²) in [6, 6.07) is 10.6. The smallest absolute Gasteiger partial charge is 0.310 e. The van der Waals surface area contributed by atoms with Crippen molar-refractivity contribution in [3.05, 3.63) is 58.9 Å². The lowest BCUT2D eigenvalue weighted by Crippen LogP contribution is -2.22. The predicted octanol–water partition coefficient (Wildman–Crippen LogP) is 3.21. The van der Waals surface area contributed by atoms with Gasteiger partial charge in [0.05, 0.1) is 24.2 Å². The van der Waals surface area contributed by atoms with Crippen LogP contribution in [0.25, 0.3) is 0 Å². The second-order valence-electron chi connectivity index (χ2n) is 4.82. The van der Waals surface area contributed by atoms with Gasteiger partial charge in [0.25, 0.3) is 5.91 Å². The summed E-state index contributed by atoms with van der Waals surface area (Å²) < 4.78 is 23.0. The first-order valence-corrected chi connectivity index (χ1v) is 7.40. The molecule has 1 amide bonds. The highest BCUT2D eigenvalue weighted by Gasteiger charge is 2.12. The highest BCUT2D eigenvalue weighted by atomic mass is 35.5. The van der Waals surface area contributed by atoms with Crippen LogP contribution in [-0.4, -0.2) is 25.6 Å². The minimum atomic E-state index is -0.572. The van der Waals surface area contributed by atoms with E-state index in [9.17, 15) is 14.0 Å². The Hall–Kier alpha value is -2.60. The SMILES string of the molecule is COc1ccccc1CC(=O)OCC(=O)Nc1ccc(F)cc1Cl. The third-order valence-corrected chi connectivity index (χ3v) is 3.41. The lowest BCUT2D eigenvalue weighted by molar-refractivity contribution is -0.146. The van der Waals surface area contributed by atoms with Gasteiger partial charge in [0.15, 0.2) is 6.61 Å². The minimum absolute atomic E-state index is 0.0192. The van der Waals surface area contributed by atoms with Crippen LogP contribution in [0, 0.1) is 5.82 Å². The number of carbonyl (C=O) groups is 2. The third kappa shape index (κ3) is 4.96. The molecule has 0 heterocycles. The number of para-hydroxylation sites is 1. The van der Waals surface area contributed by atoms with E-state index in [-0.39, 0.29) is 17.1 Å². The molecular weight excluding hydrogens is 337 g/mol. The highest BCUT2D eigenvalue weighted by molar-refractivity contribution is 6.33. The standard InChI is InChI=1S/C17H15ClFNO4/c1-23-15-5-3-2-4-11(15)8-17(22)24-10-16(21)20-14-7-6-12(19)9-13(14)18/h2-7,9H,8,10H2,1H3,(H,20,21). The van der Waals surface area contributed by atoms with Gasteiger partial charge in [-0.15, -0.1) is 0 Å². The summed E-state index contributed by atoms with van der Waals surface area (Å²) in [5.41, 5.74) is 0.899. The number of ether oxygens (including phenoxy) is 2. The fourth-order valence-corrected chi connectivity index (χ4v) is 2.19. The number of methoxy groups -OCH3 is 1. The van der Waals surface area contributed by atoms with Crippen molar-refractivity contribution in [3.63, 3.8) is 0 Å². The molecule has 1 N–H and O–H groups in total. The van der Waals surface area contributed by atoms with Gasteiger partial charge in [0.2, 0.25) is 0 Å². The van der Waals surface area contributed by atoms with Gasteiger partial charge in [-0.3, -0.25) is 9.59 Å². The van der Waals surface area contributed by atoms with Crippen LogP contribution in [0.15, 0.2) is 42.5 Å². The zero-order valence-electron chi connectivity index (χ0n) is 12.8. The Morgan fingerprint density at radius 3 is 2.67 bits per heavy atom. The number of carbonyl (C=O) groups excluding carboxylic acids is 2. The fraction of sp³-hybridized carbons (Fsp3) is 0.176. The Balaban J connectivity index is 1.86. The highest BCUT2D eigenvalue weighted by Crippen LogP contribution is 2.22. The van der Waals surface area contributed by atoms with Gasteiger partial charge >= 0.3 is 5.97 Å². The molecule has 0 unspecified atom stereocenters. The molecule has 24 heavy (non-hydrogen) atoms. The maximum absolute atomic E-state index is 12.9. The Kier molecular flexibility index (Phi) is 6.14. The summed E-state index contributed by atoms with van der Waals surface area (Å²) >= 11 is 5.80. The summed E-state index contributed by atoms with van der Waals surface area (Å²) in [5.74, 6) is -1.09. The number of anilines is 1. The number of nitrogens with one attached hydrogen (secondary N) is 1. The summed E-state index contributed by atoms with van der Waals surface area (Å²) in [6.45, 7) is -0.471. The van der Waals surface area contributed by atoms with Crippen molar-refractivity contribution in [2.75, 3.05) is 19.0 Å². The fourth-order valence-electron chi connectivity index (χ4n) is 1.98. The lowest BCUT2D eigenvalue weighted by Gasteiger charge is -2.09. The first-order chi connectivity index (χ1) is 11.5. The van der Waals surface area contributed by atoms with Gasteiger partial charge < -0.3 is 14.8 Å². The molecule has 0 atom stereocenters. The molecule has 0 aliphatic heterocycles. The zero-order chi connectivity index (χ0) is 17.5. The Morgan fingerprint density at radius 1 is 1.21 bits per heavy atom. The van der Waals surface area contributed by atoms with E-state index in [4.69, 9.17) is 21.1 Å². The van der Waals surface area contributed by atoms with Crippen LogP contribution in [0.3, 0.4) is 0 Å².